The van der Waals surface area contributed by atoms with Gasteiger partial charge in [-0.1, -0.05) is 11.8 Å². The van der Waals surface area contributed by atoms with Crippen molar-refractivity contribution in [2.45, 2.75) is 13.3 Å². The molecule has 0 atom stereocenters. The number of hydrogen-bond acceptors (Lipinski definition) is 4. The first-order valence-electron chi connectivity index (χ1n) is 3.57. The van der Waals surface area contributed by atoms with Crippen LogP contribution in [0.15, 0.2) is 10.1 Å². The van der Waals surface area contributed by atoms with E-state index in [0.717, 1.165) is 5.71 Å². The minimum absolute atomic E-state index is 0.120. The van der Waals surface area contributed by atoms with E-state index in [-0.39, 0.29) is 5.91 Å². The van der Waals surface area contributed by atoms with Crippen molar-refractivity contribution >= 4 is 28.5 Å². The molecule has 0 saturated carbocycles. The molecular weight excluding hydrogens is 174 g/mol. The summed E-state index contributed by atoms with van der Waals surface area (Å²) in [5.41, 5.74) is 0.801. The van der Waals surface area contributed by atoms with Crippen LogP contribution < -0.4 is 0 Å². The molecule has 1 heterocycles. The maximum Gasteiger partial charge on any atom is 0.253 e. The number of carbonyl (C=O) groups excluding carboxylic acids is 1. The molecular formula is C7H11N3OS. The van der Waals surface area contributed by atoms with E-state index in [1.54, 1.807) is 12.1 Å². The monoisotopic (exact) mass is 185 g/mol. The smallest absolute Gasteiger partial charge is 0.253 e. The Morgan fingerprint density at radius 2 is 2.25 bits per heavy atom. The summed E-state index contributed by atoms with van der Waals surface area (Å²) in [5, 5.41) is 6.44. The molecule has 0 aromatic carbocycles. The fourth-order valence-corrected chi connectivity index (χ4v) is 1.45. The average Bonchev–Trinajstić information content (AvgIpc) is 2.09. The van der Waals surface area contributed by atoms with Crippen molar-refractivity contribution in [1.82, 2.24) is 5.01 Å². The van der Waals surface area contributed by atoms with Crippen LogP contribution in [0.5, 0.6) is 0 Å². The zero-order chi connectivity index (χ0) is 9.14. The van der Waals surface area contributed by atoms with Crippen LogP contribution in [0, 0.1) is 0 Å². The molecule has 66 valence electrons. The molecule has 12 heavy (non-hydrogen) atoms. The maximum absolute atomic E-state index is 11.1. The van der Waals surface area contributed by atoms with Gasteiger partial charge in [-0.15, -0.1) is 0 Å². The first-order valence-corrected chi connectivity index (χ1v) is 4.79. The summed E-state index contributed by atoms with van der Waals surface area (Å²) in [6.45, 7) is 1.83. The first-order chi connectivity index (χ1) is 5.63. The molecule has 0 spiro atoms. The van der Waals surface area contributed by atoms with Gasteiger partial charge >= 0.3 is 0 Å². The highest BCUT2D eigenvalue weighted by Gasteiger charge is 2.13. The van der Waals surface area contributed by atoms with Crippen molar-refractivity contribution in [1.29, 1.82) is 0 Å². The van der Waals surface area contributed by atoms with Crippen molar-refractivity contribution < 1.29 is 4.79 Å². The Kier molecular flexibility index (Phi) is 2.86. The standard InChI is InChI=1S/C7H11N3OS/c1-5-4-6(11)8-7(12-3)10(2)9-5/h4H2,1-3H3. The quantitative estimate of drug-likeness (QED) is 0.564. The molecule has 0 unspecified atom stereocenters. The van der Waals surface area contributed by atoms with Gasteiger partial charge in [0.1, 0.15) is 0 Å². The van der Waals surface area contributed by atoms with Crippen LogP contribution >= 0.6 is 11.8 Å². The predicted molar refractivity (Wildman–Crippen MR) is 51.4 cm³/mol. The first kappa shape index (κ1) is 9.25. The number of amides is 1. The third-order valence-electron chi connectivity index (χ3n) is 1.41. The van der Waals surface area contributed by atoms with E-state index in [4.69, 9.17) is 0 Å². The summed E-state index contributed by atoms with van der Waals surface area (Å²) >= 11 is 1.42. The molecule has 1 aliphatic rings. The van der Waals surface area contributed by atoms with Crippen molar-refractivity contribution in [3.8, 4) is 0 Å². The maximum atomic E-state index is 11.1. The number of amidine groups is 1. The Morgan fingerprint density at radius 1 is 1.58 bits per heavy atom. The van der Waals surface area contributed by atoms with Crippen molar-refractivity contribution in [3.63, 3.8) is 0 Å². The van der Waals surface area contributed by atoms with Gasteiger partial charge in [0.15, 0.2) is 5.17 Å². The van der Waals surface area contributed by atoms with Gasteiger partial charge in [-0.25, -0.2) is 5.01 Å². The largest absolute Gasteiger partial charge is 0.272 e. The lowest BCUT2D eigenvalue weighted by molar-refractivity contribution is -0.116. The minimum atomic E-state index is -0.120. The number of carbonyl (C=O) groups is 1. The molecule has 5 heteroatoms. The van der Waals surface area contributed by atoms with E-state index >= 15 is 0 Å². The van der Waals surface area contributed by atoms with E-state index in [2.05, 4.69) is 10.1 Å². The summed E-state index contributed by atoms with van der Waals surface area (Å²) in [5.74, 6) is -0.120. The highest BCUT2D eigenvalue weighted by Crippen LogP contribution is 2.09. The Labute approximate surface area is 75.7 Å². The normalized spacial score (nSPS) is 18.6. The van der Waals surface area contributed by atoms with Gasteiger partial charge in [0.2, 0.25) is 0 Å². The van der Waals surface area contributed by atoms with E-state index in [1.807, 2.05) is 13.2 Å². The van der Waals surface area contributed by atoms with Gasteiger partial charge in [0.25, 0.3) is 5.91 Å². The number of aliphatic imine (C=N–C) groups is 1. The van der Waals surface area contributed by atoms with Crippen LogP contribution in [0.25, 0.3) is 0 Å². The van der Waals surface area contributed by atoms with Crippen LogP contribution in [-0.4, -0.2) is 35.1 Å². The molecule has 0 fully saturated rings. The third-order valence-corrected chi connectivity index (χ3v) is 2.13. The second-order valence-electron chi connectivity index (χ2n) is 2.53. The van der Waals surface area contributed by atoms with Crippen LogP contribution in [-0.2, 0) is 4.79 Å². The molecule has 4 nitrogen and oxygen atoms in total. The van der Waals surface area contributed by atoms with Gasteiger partial charge < -0.3 is 0 Å². The van der Waals surface area contributed by atoms with E-state index in [0.29, 0.717) is 11.6 Å². The van der Waals surface area contributed by atoms with Crippen LogP contribution in [0.4, 0.5) is 0 Å². The molecule has 0 aliphatic carbocycles. The SMILES string of the molecule is CSC1=NC(=O)CC(C)=NN1C. The van der Waals surface area contributed by atoms with Crippen molar-refractivity contribution in [2.24, 2.45) is 10.1 Å². The summed E-state index contributed by atoms with van der Waals surface area (Å²) in [7, 11) is 1.79. The number of nitrogens with zero attached hydrogens (tertiary/aromatic N) is 3. The Balaban J connectivity index is 2.93. The lowest BCUT2D eigenvalue weighted by Gasteiger charge is -2.11. The van der Waals surface area contributed by atoms with Crippen LogP contribution in [0.3, 0.4) is 0 Å². The van der Waals surface area contributed by atoms with E-state index < -0.39 is 0 Å². The Morgan fingerprint density at radius 3 is 2.83 bits per heavy atom. The zero-order valence-electron chi connectivity index (χ0n) is 7.37. The summed E-state index contributed by atoms with van der Waals surface area (Å²) < 4.78 is 0. The summed E-state index contributed by atoms with van der Waals surface area (Å²) in [6, 6.07) is 0. The summed E-state index contributed by atoms with van der Waals surface area (Å²) in [6.07, 6.45) is 2.20. The van der Waals surface area contributed by atoms with Crippen molar-refractivity contribution in [3.05, 3.63) is 0 Å². The molecule has 0 aromatic rings. The summed E-state index contributed by atoms with van der Waals surface area (Å²) in [4.78, 5) is 15.0. The van der Waals surface area contributed by atoms with Gasteiger partial charge in [0, 0.05) is 12.8 Å². The van der Waals surface area contributed by atoms with Gasteiger partial charge in [-0.2, -0.15) is 10.1 Å². The molecule has 0 saturated heterocycles. The second kappa shape index (κ2) is 3.71. The van der Waals surface area contributed by atoms with Crippen LogP contribution in [0.1, 0.15) is 13.3 Å². The van der Waals surface area contributed by atoms with Gasteiger partial charge in [-0.3, -0.25) is 4.79 Å². The number of thioether (sulfide) groups is 1. The number of rotatable bonds is 0. The van der Waals surface area contributed by atoms with E-state index in [9.17, 15) is 4.79 Å². The molecule has 0 bridgehead atoms. The second-order valence-corrected chi connectivity index (χ2v) is 3.30. The predicted octanol–water partition coefficient (Wildman–Crippen LogP) is 0.943. The van der Waals surface area contributed by atoms with Crippen LogP contribution in [0.2, 0.25) is 0 Å². The fourth-order valence-electron chi connectivity index (χ4n) is 0.949. The zero-order valence-corrected chi connectivity index (χ0v) is 8.18. The van der Waals surface area contributed by atoms with Crippen molar-refractivity contribution in [2.75, 3.05) is 13.3 Å². The highest BCUT2D eigenvalue weighted by atomic mass is 32.2. The third kappa shape index (κ3) is 2.07. The topological polar surface area (TPSA) is 45.0 Å². The lowest BCUT2D eigenvalue weighted by Crippen LogP contribution is -2.17. The molecule has 1 rings (SSSR count). The lowest BCUT2D eigenvalue weighted by atomic mass is 10.3. The molecule has 0 radical (unpaired) electrons. The molecule has 1 amide bonds. The highest BCUT2D eigenvalue weighted by molar-refractivity contribution is 8.13. The van der Waals surface area contributed by atoms with Gasteiger partial charge in [-0.05, 0) is 13.2 Å². The number of hydrazone groups is 1. The van der Waals surface area contributed by atoms with E-state index in [1.165, 1.54) is 11.8 Å². The molecule has 0 aromatic heterocycles. The number of hydrogen-bond donors (Lipinski definition) is 0. The fraction of sp³-hybridized carbons (Fsp3) is 0.571. The Hall–Kier alpha value is -0.840. The average molecular weight is 185 g/mol. The minimum Gasteiger partial charge on any atom is -0.272 e. The molecule has 0 N–H and O–H groups in total. The molecule has 1 aliphatic heterocycles. The Bertz CT molecular complexity index is 259. The van der Waals surface area contributed by atoms with Gasteiger partial charge in [0.05, 0.1) is 6.42 Å².